The number of rotatable bonds is 6. The molecule has 1 N–H and O–H groups in total. The predicted molar refractivity (Wildman–Crippen MR) is 78.1 cm³/mol. The lowest BCUT2D eigenvalue weighted by atomic mass is 10.1. The van der Waals surface area contributed by atoms with Crippen molar-refractivity contribution >= 4 is 28.3 Å². The molecule has 1 nitrogen and oxygen atoms in total. The minimum absolute atomic E-state index is 0.940. The predicted octanol–water partition coefficient (Wildman–Crippen LogP) is 3.64. The van der Waals surface area contributed by atoms with Gasteiger partial charge in [0.1, 0.15) is 4.32 Å². The van der Waals surface area contributed by atoms with Gasteiger partial charge in [-0.15, -0.1) is 0 Å². The van der Waals surface area contributed by atoms with Crippen molar-refractivity contribution in [1.82, 2.24) is 5.32 Å². The second-order valence-electron chi connectivity index (χ2n) is 3.65. The number of thioether (sulfide) groups is 1. The molecule has 0 aromatic heterocycles. The van der Waals surface area contributed by atoms with Gasteiger partial charge in [-0.05, 0) is 30.6 Å². The van der Waals surface area contributed by atoms with Gasteiger partial charge >= 0.3 is 0 Å². The Hall–Kier alpha value is -0.540. The van der Waals surface area contributed by atoms with Crippen molar-refractivity contribution in [2.45, 2.75) is 26.2 Å². The lowest BCUT2D eigenvalue weighted by Crippen LogP contribution is -2.20. The first kappa shape index (κ1) is 13.5. The third-order valence-corrected chi connectivity index (χ3v) is 3.71. The first-order chi connectivity index (χ1) is 7.83. The fourth-order valence-electron chi connectivity index (χ4n) is 1.37. The maximum atomic E-state index is 5.20. The average molecular weight is 253 g/mol. The summed E-state index contributed by atoms with van der Waals surface area (Å²) >= 11 is 6.94. The molecule has 0 aliphatic heterocycles. The lowest BCUT2D eigenvalue weighted by Gasteiger charge is -2.06. The molecular weight excluding hydrogens is 234 g/mol. The molecule has 1 rings (SSSR count). The minimum atomic E-state index is 0.940. The van der Waals surface area contributed by atoms with Crippen LogP contribution in [0.2, 0.25) is 0 Å². The van der Waals surface area contributed by atoms with Gasteiger partial charge in [-0.25, -0.2) is 0 Å². The molecule has 0 atom stereocenters. The van der Waals surface area contributed by atoms with Gasteiger partial charge in [0, 0.05) is 6.54 Å². The van der Waals surface area contributed by atoms with Gasteiger partial charge in [-0.2, -0.15) is 0 Å². The highest BCUT2D eigenvalue weighted by atomic mass is 32.2. The fourth-order valence-corrected chi connectivity index (χ4v) is 2.32. The highest BCUT2D eigenvalue weighted by molar-refractivity contribution is 8.22. The van der Waals surface area contributed by atoms with Crippen LogP contribution in [0, 0.1) is 0 Å². The molecule has 88 valence electrons. The first-order valence-corrected chi connectivity index (χ1v) is 7.17. The number of hydrogen-bond donors (Lipinski definition) is 1. The van der Waals surface area contributed by atoms with Crippen LogP contribution in [-0.4, -0.2) is 16.6 Å². The van der Waals surface area contributed by atoms with Gasteiger partial charge in [0.05, 0.1) is 0 Å². The van der Waals surface area contributed by atoms with Gasteiger partial charge in [-0.3, -0.25) is 0 Å². The van der Waals surface area contributed by atoms with Gasteiger partial charge in [0.2, 0.25) is 0 Å². The Kier molecular flexibility index (Phi) is 7.26. The van der Waals surface area contributed by atoms with E-state index in [0.717, 1.165) is 29.5 Å². The highest BCUT2D eigenvalue weighted by Gasteiger charge is 1.96. The number of benzene rings is 1. The van der Waals surface area contributed by atoms with E-state index < -0.39 is 0 Å². The zero-order valence-corrected chi connectivity index (χ0v) is 11.4. The zero-order valence-electron chi connectivity index (χ0n) is 9.74. The Balaban J connectivity index is 2.06. The van der Waals surface area contributed by atoms with Crippen molar-refractivity contribution in [3.05, 3.63) is 35.9 Å². The smallest absolute Gasteiger partial charge is 0.133 e. The number of aryl methyl sites for hydroxylation is 1. The van der Waals surface area contributed by atoms with E-state index in [-0.39, 0.29) is 0 Å². The van der Waals surface area contributed by atoms with Crippen molar-refractivity contribution in [3.63, 3.8) is 0 Å². The molecule has 0 saturated heterocycles. The fraction of sp³-hybridized carbons (Fsp3) is 0.462. The Labute approximate surface area is 108 Å². The van der Waals surface area contributed by atoms with E-state index in [0.29, 0.717) is 0 Å². The monoisotopic (exact) mass is 253 g/mol. The number of nitrogens with one attached hydrogen (secondary N) is 1. The summed E-state index contributed by atoms with van der Waals surface area (Å²) in [5, 5.41) is 3.28. The van der Waals surface area contributed by atoms with E-state index in [9.17, 15) is 0 Å². The normalized spacial score (nSPS) is 10.1. The van der Waals surface area contributed by atoms with Crippen molar-refractivity contribution in [2.75, 3.05) is 12.3 Å². The largest absolute Gasteiger partial charge is 0.371 e. The molecule has 0 spiro atoms. The van der Waals surface area contributed by atoms with Gasteiger partial charge in [0.15, 0.2) is 0 Å². The van der Waals surface area contributed by atoms with Crippen molar-refractivity contribution in [1.29, 1.82) is 0 Å². The molecule has 3 heteroatoms. The van der Waals surface area contributed by atoms with Gasteiger partial charge in [0.25, 0.3) is 0 Å². The van der Waals surface area contributed by atoms with Crippen molar-refractivity contribution in [2.24, 2.45) is 0 Å². The summed E-state index contributed by atoms with van der Waals surface area (Å²) in [7, 11) is 0. The van der Waals surface area contributed by atoms with Crippen LogP contribution in [0.15, 0.2) is 30.3 Å². The summed E-state index contributed by atoms with van der Waals surface area (Å²) in [4.78, 5) is 0. The molecule has 16 heavy (non-hydrogen) atoms. The Morgan fingerprint density at radius 1 is 1.31 bits per heavy atom. The van der Waals surface area contributed by atoms with Crippen LogP contribution in [-0.2, 0) is 6.42 Å². The van der Waals surface area contributed by atoms with E-state index in [1.807, 2.05) is 0 Å². The Bertz CT molecular complexity index is 298. The molecule has 0 amide bonds. The topological polar surface area (TPSA) is 12.0 Å². The lowest BCUT2D eigenvalue weighted by molar-refractivity contribution is 0.782. The molecule has 0 bridgehead atoms. The Morgan fingerprint density at radius 3 is 2.75 bits per heavy atom. The van der Waals surface area contributed by atoms with Crippen LogP contribution in [0.3, 0.4) is 0 Å². The van der Waals surface area contributed by atoms with E-state index in [1.165, 1.54) is 12.0 Å². The maximum Gasteiger partial charge on any atom is 0.133 e. The standard InChI is InChI=1S/C13H19NS2/c1-2-11-16-13(15)14-10-6-9-12-7-4-3-5-8-12/h3-5,7-8H,2,6,9-11H2,1H3,(H,14,15). The highest BCUT2D eigenvalue weighted by Crippen LogP contribution is 2.04. The second-order valence-corrected chi connectivity index (χ2v) is 5.42. The van der Waals surface area contributed by atoms with Crippen LogP contribution in [0.4, 0.5) is 0 Å². The molecule has 0 radical (unpaired) electrons. The average Bonchev–Trinajstić information content (AvgIpc) is 2.33. The van der Waals surface area contributed by atoms with E-state index in [2.05, 4.69) is 42.6 Å². The summed E-state index contributed by atoms with van der Waals surface area (Å²) < 4.78 is 0.940. The molecule has 0 unspecified atom stereocenters. The molecule has 0 aliphatic rings. The SMILES string of the molecule is CCCSC(=S)NCCCc1ccccc1. The van der Waals surface area contributed by atoms with E-state index in [4.69, 9.17) is 12.2 Å². The van der Waals surface area contributed by atoms with Crippen LogP contribution in [0.5, 0.6) is 0 Å². The quantitative estimate of drug-likeness (QED) is 0.614. The second kappa shape index (κ2) is 8.59. The van der Waals surface area contributed by atoms with E-state index >= 15 is 0 Å². The summed E-state index contributed by atoms with van der Waals surface area (Å²) in [6, 6.07) is 10.6. The van der Waals surface area contributed by atoms with Gasteiger partial charge < -0.3 is 5.32 Å². The van der Waals surface area contributed by atoms with Crippen LogP contribution in [0.25, 0.3) is 0 Å². The zero-order chi connectivity index (χ0) is 11.6. The molecular formula is C13H19NS2. The summed E-state index contributed by atoms with van der Waals surface area (Å²) in [5.74, 6) is 1.12. The van der Waals surface area contributed by atoms with E-state index in [1.54, 1.807) is 11.8 Å². The number of thiocarbonyl (C=S) groups is 1. The molecule has 1 aromatic carbocycles. The maximum absolute atomic E-state index is 5.20. The molecule has 0 fully saturated rings. The van der Waals surface area contributed by atoms with Crippen LogP contribution >= 0.6 is 24.0 Å². The minimum Gasteiger partial charge on any atom is -0.371 e. The van der Waals surface area contributed by atoms with Gasteiger partial charge in [-0.1, -0.05) is 61.2 Å². The third kappa shape index (κ3) is 6.13. The molecule has 0 heterocycles. The summed E-state index contributed by atoms with van der Waals surface area (Å²) in [5.41, 5.74) is 1.40. The van der Waals surface area contributed by atoms with Crippen LogP contribution < -0.4 is 5.32 Å². The molecule has 0 aliphatic carbocycles. The first-order valence-electron chi connectivity index (χ1n) is 5.77. The Morgan fingerprint density at radius 2 is 2.06 bits per heavy atom. The number of hydrogen-bond acceptors (Lipinski definition) is 2. The van der Waals surface area contributed by atoms with Crippen molar-refractivity contribution in [3.8, 4) is 0 Å². The third-order valence-electron chi connectivity index (χ3n) is 2.19. The van der Waals surface area contributed by atoms with Crippen molar-refractivity contribution < 1.29 is 0 Å². The molecule has 1 aromatic rings. The summed E-state index contributed by atoms with van der Waals surface area (Å²) in [6.07, 6.45) is 3.43. The summed E-state index contributed by atoms with van der Waals surface area (Å²) in [6.45, 7) is 3.15. The molecule has 0 saturated carbocycles. The van der Waals surface area contributed by atoms with Crippen LogP contribution in [0.1, 0.15) is 25.3 Å².